The second kappa shape index (κ2) is 18.1. The van der Waals surface area contributed by atoms with Gasteiger partial charge in [0.15, 0.2) is 11.5 Å². The lowest BCUT2D eigenvalue weighted by atomic mass is 10.0. The highest BCUT2D eigenvalue weighted by Crippen LogP contribution is 2.34. The minimum atomic E-state index is -0.523. The summed E-state index contributed by atoms with van der Waals surface area (Å²) >= 11 is 0. The van der Waals surface area contributed by atoms with Gasteiger partial charge < -0.3 is 49.4 Å². The van der Waals surface area contributed by atoms with Crippen molar-refractivity contribution in [3.8, 4) is 17.2 Å². The molecule has 0 fully saturated rings. The molecule has 4 atom stereocenters. The van der Waals surface area contributed by atoms with Crippen molar-refractivity contribution in [2.75, 3.05) is 71.4 Å². The van der Waals surface area contributed by atoms with Crippen molar-refractivity contribution in [3.05, 3.63) is 42.0 Å². The minimum absolute atomic E-state index is 0.0520. The first kappa shape index (κ1) is 37.7. The van der Waals surface area contributed by atoms with Crippen molar-refractivity contribution in [3.63, 3.8) is 0 Å². The molecule has 13 nitrogen and oxygen atoms in total. The monoisotopic (exact) mass is 683 g/mol. The van der Waals surface area contributed by atoms with Crippen LogP contribution in [0.2, 0.25) is 0 Å². The molecule has 13 heteroatoms. The molecule has 3 N–H and O–H groups in total. The smallest absolute Gasteiger partial charge is 0.323 e. The maximum Gasteiger partial charge on any atom is 0.323 e. The van der Waals surface area contributed by atoms with Crippen molar-refractivity contribution >= 4 is 29.2 Å². The van der Waals surface area contributed by atoms with E-state index in [1.54, 1.807) is 60.2 Å². The number of fused-ring (bicyclic) bond motifs is 2. The van der Waals surface area contributed by atoms with E-state index in [1.807, 2.05) is 27.9 Å². The maximum atomic E-state index is 14.4. The molecule has 0 aliphatic carbocycles. The van der Waals surface area contributed by atoms with Crippen LogP contribution >= 0.6 is 0 Å². The van der Waals surface area contributed by atoms with Crippen LogP contribution in [0.4, 0.5) is 16.2 Å². The first-order valence-electron chi connectivity index (χ1n) is 17.2. The summed E-state index contributed by atoms with van der Waals surface area (Å²) in [4.78, 5) is 45.7. The Balaban J connectivity index is 1.55. The number of aliphatic hydroxyl groups is 1. The number of nitrogens with zero attached hydrogens (tertiary/aromatic N) is 3. The molecule has 0 unspecified atom stereocenters. The number of hydrogen-bond donors (Lipinski definition) is 3. The van der Waals surface area contributed by atoms with Crippen LogP contribution in [0.5, 0.6) is 17.2 Å². The van der Waals surface area contributed by atoms with Crippen LogP contribution in [0, 0.1) is 5.92 Å². The zero-order chi connectivity index (χ0) is 35.5. The molecular weight excluding hydrogens is 630 g/mol. The van der Waals surface area contributed by atoms with Gasteiger partial charge in [-0.1, -0.05) is 6.92 Å². The fourth-order valence-electron chi connectivity index (χ4n) is 5.84. The number of urea groups is 1. The lowest BCUT2D eigenvalue weighted by Crippen LogP contribution is -2.48. The lowest BCUT2D eigenvalue weighted by molar-refractivity contribution is -0.132. The maximum absolute atomic E-state index is 14.4. The summed E-state index contributed by atoms with van der Waals surface area (Å²) < 4.78 is 23.4. The molecule has 0 spiro atoms. The van der Waals surface area contributed by atoms with Gasteiger partial charge in [-0.15, -0.1) is 0 Å². The van der Waals surface area contributed by atoms with Gasteiger partial charge in [-0.2, -0.15) is 0 Å². The Labute approximate surface area is 289 Å². The van der Waals surface area contributed by atoms with Crippen molar-refractivity contribution in [2.45, 2.75) is 71.1 Å². The van der Waals surface area contributed by atoms with E-state index in [4.69, 9.17) is 18.9 Å². The lowest BCUT2D eigenvalue weighted by Gasteiger charge is -2.36. The molecular formula is C36H53N5O8. The molecule has 2 aliphatic heterocycles. The summed E-state index contributed by atoms with van der Waals surface area (Å²) in [5, 5.41) is 15.8. The van der Waals surface area contributed by atoms with E-state index >= 15 is 0 Å². The first-order chi connectivity index (χ1) is 23.4. The second-order valence-corrected chi connectivity index (χ2v) is 13.3. The van der Waals surface area contributed by atoms with Gasteiger partial charge in [0, 0.05) is 56.5 Å². The number of benzene rings is 2. The highest BCUT2D eigenvalue weighted by Gasteiger charge is 2.31. The van der Waals surface area contributed by atoms with Crippen molar-refractivity contribution in [1.82, 2.24) is 14.7 Å². The van der Waals surface area contributed by atoms with Gasteiger partial charge in [0.05, 0.1) is 30.4 Å². The van der Waals surface area contributed by atoms with Crippen molar-refractivity contribution in [1.29, 1.82) is 0 Å². The van der Waals surface area contributed by atoms with Gasteiger partial charge >= 0.3 is 6.03 Å². The molecule has 2 aliphatic rings. The molecule has 0 aromatic heterocycles. The number of aliphatic hydroxyl groups excluding tert-OH is 1. The van der Waals surface area contributed by atoms with Crippen molar-refractivity contribution in [2.24, 2.45) is 5.92 Å². The van der Waals surface area contributed by atoms with Gasteiger partial charge in [-0.3, -0.25) is 9.59 Å². The summed E-state index contributed by atoms with van der Waals surface area (Å²) in [6.07, 6.45) is 3.13. The average Bonchev–Trinajstić information content (AvgIpc) is 3.53. The molecule has 2 heterocycles. The minimum Gasteiger partial charge on any atom is -0.490 e. The number of amides is 4. The number of anilines is 2. The average molecular weight is 684 g/mol. The highest BCUT2D eigenvalue weighted by atomic mass is 16.7. The number of carbonyl (C=O) groups is 3. The van der Waals surface area contributed by atoms with Crippen molar-refractivity contribution < 1.29 is 38.4 Å². The predicted molar refractivity (Wildman–Crippen MR) is 188 cm³/mol. The van der Waals surface area contributed by atoms with Crippen LogP contribution < -0.4 is 24.8 Å². The summed E-state index contributed by atoms with van der Waals surface area (Å²) in [5.74, 6) is 1.08. The zero-order valence-corrected chi connectivity index (χ0v) is 29.7. The third-order valence-electron chi connectivity index (χ3n) is 8.82. The highest BCUT2D eigenvalue weighted by molar-refractivity contribution is 6.02. The molecule has 270 valence electrons. The van der Waals surface area contributed by atoms with Crippen LogP contribution in [-0.4, -0.2) is 117 Å². The van der Waals surface area contributed by atoms with Gasteiger partial charge in [-0.05, 0) is 90.5 Å². The number of nitrogens with one attached hydrogen (secondary N) is 2. The quantitative estimate of drug-likeness (QED) is 0.326. The molecule has 4 amide bonds. The number of ether oxygens (including phenoxy) is 4. The van der Waals surface area contributed by atoms with Gasteiger partial charge in [0.25, 0.3) is 5.91 Å². The topological polar surface area (TPSA) is 142 Å². The number of likely N-dealkylation sites (N-methyl/N-ethyl adjacent to an activating group) is 1. The Morgan fingerprint density at radius 1 is 1.00 bits per heavy atom. The van der Waals surface area contributed by atoms with Gasteiger partial charge in [0.2, 0.25) is 12.7 Å². The van der Waals surface area contributed by atoms with Crippen LogP contribution in [0.3, 0.4) is 0 Å². The van der Waals surface area contributed by atoms with E-state index in [-0.39, 0.29) is 55.4 Å². The Morgan fingerprint density at radius 2 is 1.69 bits per heavy atom. The third kappa shape index (κ3) is 11.0. The zero-order valence-electron chi connectivity index (χ0n) is 29.7. The van der Waals surface area contributed by atoms with E-state index in [0.29, 0.717) is 48.2 Å². The number of hydrogen-bond acceptors (Lipinski definition) is 9. The summed E-state index contributed by atoms with van der Waals surface area (Å²) in [6.45, 7) is 7.63. The van der Waals surface area contributed by atoms with Crippen LogP contribution in [-0.2, 0) is 9.53 Å². The summed E-state index contributed by atoms with van der Waals surface area (Å²) in [5.41, 5.74) is 1.17. The Bertz CT molecular complexity index is 1420. The molecule has 2 aromatic rings. The molecule has 0 bridgehead atoms. The molecule has 2 aromatic carbocycles. The molecule has 4 rings (SSSR count). The van der Waals surface area contributed by atoms with Crippen LogP contribution in [0.25, 0.3) is 0 Å². The SMILES string of the molecule is C[C@@H]1CCCCO[C@@H](CN(C)C(=O)CCCN(C)C)[C@H](C)CN([C@H](C)CO)C(=O)c2cc(NC(=O)Nc3ccc4c(c3)OCO4)ccc2O1. The van der Waals surface area contributed by atoms with E-state index in [1.165, 1.54) is 0 Å². The van der Waals surface area contributed by atoms with E-state index in [0.717, 1.165) is 32.2 Å². The Hall–Kier alpha value is -4.07. The molecule has 0 radical (unpaired) electrons. The number of carbonyl (C=O) groups excluding carboxylic acids is 3. The normalized spacial score (nSPS) is 20.5. The summed E-state index contributed by atoms with van der Waals surface area (Å²) in [6, 6.07) is 9.07. The molecule has 0 saturated heterocycles. The standard InChI is InChI=1S/C36H53N5O8/c1-24-20-41(25(2)22-42)35(44)29-18-27(37-36(45)38-28-13-15-31-32(19-28)48-23-47-31)12-14-30(29)49-26(3)10-7-8-17-46-33(24)21-40(6)34(43)11-9-16-39(4)5/h12-15,18-19,24-26,33,42H,7-11,16-17,20-23H2,1-6H3,(H2,37,38,45)/t24-,25-,26-,33+/m1/s1. The van der Waals surface area contributed by atoms with E-state index in [2.05, 4.69) is 15.5 Å². The second-order valence-electron chi connectivity index (χ2n) is 13.3. The van der Waals surface area contributed by atoms with Crippen LogP contribution in [0.1, 0.15) is 63.2 Å². The first-order valence-corrected chi connectivity index (χ1v) is 17.2. The molecule has 0 saturated carbocycles. The third-order valence-corrected chi connectivity index (χ3v) is 8.82. The van der Waals surface area contributed by atoms with Crippen LogP contribution in [0.15, 0.2) is 36.4 Å². The molecule has 49 heavy (non-hydrogen) atoms. The largest absolute Gasteiger partial charge is 0.490 e. The predicted octanol–water partition coefficient (Wildman–Crippen LogP) is 4.66. The fraction of sp³-hybridized carbons (Fsp3) is 0.583. The van der Waals surface area contributed by atoms with Gasteiger partial charge in [0.1, 0.15) is 5.75 Å². The van der Waals surface area contributed by atoms with E-state index in [9.17, 15) is 19.5 Å². The fourth-order valence-corrected chi connectivity index (χ4v) is 5.84. The van der Waals surface area contributed by atoms with Gasteiger partial charge in [-0.25, -0.2) is 4.79 Å². The Kier molecular flexibility index (Phi) is 13.9. The number of rotatable bonds is 10. The van der Waals surface area contributed by atoms with E-state index < -0.39 is 12.1 Å². The Morgan fingerprint density at radius 3 is 2.41 bits per heavy atom. The summed E-state index contributed by atoms with van der Waals surface area (Å²) in [7, 11) is 5.77.